The summed E-state index contributed by atoms with van der Waals surface area (Å²) >= 11 is 2.01. The van der Waals surface area contributed by atoms with Crippen LogP contribution < -0.4 is 9.64 Å². The third-order valence-corrected chi connectivity index (χ3v) is 17.8. The van der Waals surface area contributed by atoms with Crippen LogP contribution >= 0.6 is 11.8 Å². The van der Waals surface area contributed by atoms with Crippen molar-refractivity contribution in [3.8, 4) is 33.8 Å². The van der Waals surface area contributed by atoms with Gasteiger partial charge < -0.3 is 9.64 Å². The van der Waals surface area contributed by atoms with Crippen LogP contribution in [0.1, 0.15) is 91.6 Å². The summed E-state index contributed by atoms with van der Waals surface area (Å²) in [6.07, 6.45) is 9.44. The Morgan fingerprint density at radius 2 is 1.01 bits per heavy atom. The maximum absolute atomic E-state index is 7.13. The summed E-state index contributed by atoms with van der Waals surface area (Å²) < 4.78 is 7.13. The first kappa shape index (κ1) is 42.5. The normalized spacial score (nSPS) is 19.2. The molecule has 0 radical (unpaired) electrons. The van der Waals surface area contributed by atoms with Crippen LogP contribution in [0.25, 0.3) is 33.0 Å². The quantitative estimate of drug-likeness (QED) is 0.175. The van der Waals surface area contributed by atoms with E-state index in [9.17, 15) is 0 Å². The van der Waals surface area contributed by atoms with Gasteiger partial charge in [-0.15, -0.1) is 11.8 Å². The summed E-state index contributed by atoms with van der Waals surface area (Å²) in [6.45, 7) is 14.0. The van der Waals surface area contributed by atoms with Gasteiger partial charge >= 0.3 is 0 Å². The first-order valence-electron chi connectivity index (χ1n) is 25.3. The summed E-state index contributed by atoms with van der Waals surface area (Å²) in [5.74, 6) is 2.00. The van der Waals surface area contributed by atoms with Crippen molar-refractivity contribution in [1.29, 1.82) is 0 Å². The van der Waals surface area contributed by atoms with Crippen molar-refractivity contribution in [2.24, 2.45) is 5.92 Å². The van der Waals surface area contributed by atoms with Gasteiger partial charge in [-0.25, -0.2) is 0 Å². The number of para-hydroxylation sites is 1. The first-order valence-corrected chi connectivity index (χ1v) is 26.2. The van der Waals surface area contributed by atoms with E-state index in [1.807, 2.05) is 11.8 Å². The minimum atomic E-state index is -0.666. The van der Waals surface area contributed by atoms with Crippen molar-refractivity contribution >= 4 is 39.6 Å². The fourth-order valence-corrected chi connectivity index (χ4v) is 14.7. The second kappa shape index (κ2) is 15.1. The van der Waals surface area contributed by atoms with E-state index in [1.54, 1.807) is 0 Å². The zero-order valence-corrected chi connectivity index (χ0v) is 41.9. The molecule has 2 nitrogen and oxygen atoms in total. The van der Waals surface area contributed by atoms with Gasteiger partial charge in [-0.2, -0.15) is 0 Å². The van der Waals surface area contributed by atoms with Crippen molar-refractivity contribution in [3.63, 3.8) is 0 Å². The molecule has 5 aliphatic rings. The predicted octanol–water partition coefficient (Wildman–Crippen LogP) is 17.9. The Labute approximate surface area is 422 Å². The summed E-state index contributed by atoms with van der Waals surface area (Å²) in [4.78, 5) is 3.90. The van der Waals surface area contributed by atoms with Gasteiger partial charge in [0.1, 0.15) is 11.5 Å². The van der Waals surface area contributed by atoms with Crippen LogP contribution in [0, 0.1) is 5.92 Å². The Morgan fingerprint density at radius 1 is 0.451 bits per heavy atom. The van der Waals surface area contributed by atoms with Crippen LogP contribution in [-0.4, -0.2) is 5.25 Å². The average molecular weight is 934 g/mol. The zero-order chi connectivity index (χ0) is 48.0. The summed E-state index contributed by atoms with van der Waals surface area (Å²) in [5.41, 5.74) is 19.1. The second-order valence-electron chi connectivity index (χ2n) is 22.3. The number of rotatable bonds is 3. The summed E-state index contributed by atoms with van der Waals surface area (Å²) in [7, 11) is 0. The van der Waals surface area contributed by atoms with E-state index in [2.05, 4.69) is 259 Å². The maximum atomic E-state index is 7.13. The van der Waals surface area contributed by atoms with Crippen LogP contribution in [0.3, 0.4) is 0 Å². The van der Waals surface area contributed by atoms with Gasteiger partial charge in [0.05, 0.1) is 16.5 Å². The molecule has 0 bridgehead atoms. The Morgan fingerprint density at radius 3 is 1.77 bits per heavy atom. The molecule has 9 aromatic carbocycles. The molecule has 0 aromatic heterocycles. The van der Waals surface area contributed by atoms with Crippen LogP contribution in [0.5, 0.6) is 11.5 Å². The lowest BCUT2D eigenvalue weighted by Gasteiger charge is -2.47. The molecular formula is C68H55NOS. The number of thioether (sulfide) groups is 1. The van der Waals surface area contributed by atoms with Crippen molar-refractivity contribution < 1.29 is 4.74 Å². The van der Waals surface area contributed by atoms with Gasteiger partial charge in [-0.05, 0) is 126 Å². The fraction of sp³-hybridized carbons (Fsp3) is 0.176. The highest BCUT2D eigenvalue weighted by Gasteiger charge is 2.56. The molecular weight excluding hydrogens is 879 g/mol. The van der Waals surface area contributed by atoms with E-state index in [4.69, 9.17) is 4.74 Å². The molecule has 2 heterocycles. The van der Waals surface area contributed by atoms with E-state index in [1.165, 1.54) is 82.4 Å². The number of anilines is 3. The van der Waals surface area contributed by atoms with Gasteiger partial charge in [0.2, 0.25) is 0 Å². The molecule has 0 saturated carbocycles. The first-order chi connectivity index (χ1) is 34.5. The van der Waals surface area contributed by atoms with Gasteiger partial charge in [-0.3, -0.25) is 0 Å². The topological polar surface area (TPSA) is 12.5 Å². The third kappa shape index (κ3) is 5.90. The Bertz CT molecular complexity index is 3720. The van der Waals surface area contributed by atoms with E-state index in [0.717, 1.165) is 34.1 Å². The molecule has 0 N–H and O–H groups in total. The van der Waals surface area contributed by atoms with Crippen molar-refractivity contribution in [3.05, 3.63) is 262 Å². The number of allylic oxidation sites excluding steroid dienone is 3. The lowest BCUT2D eigenvalue weighted by atomic mass is 9.62. The highest BCUT2D eigenvalue weighted by Crippen LogP contribution is 2.66. The molecule has 0 saturated heterocycles. The number of benzene rings is 9. The van der Waals surface area contributed by atoms with Crippen molar-refractivity contribution in [2.45, 2.75) is 73.3 Å². The van der Waals surface area contributed by atoms with Crippen LogP contribution in [-0.2, 0) is 21.7 Å². The molecule has 2 spiro atoms. The summed E-state index contributed by atoms with van der Waals surface area (Å²) in [6, 6.07) is 71.8. The van der Waals surface area contributed by atoms with Crippen LogP contribution in [0.15, 0.2) is 217 Å². The number of fused-ring (bicyclic) bond motifs is 19. The van der Waals surface area contributed by atoms with Gasteiger partial charge in [0.15, 0.2) is 0 Å². The zero-order valence-electron chi connectivity index (χ0n) is 41.1. The minimum Gasteiger partial charge on any atom is -0.457 e. The van der Waals surface area contributed by atoms with Crippen molar-refractivity contribution in [2.75, 3.05) is 4.90 Å². The smallest absolute Gasteiger partial charge is 0.132 e. The highest BCUT2D eigenvalue weighted by molar-refractivity contribution is 8.00. The number of ether oxygens (including phenoxy) is 1. The lowest BCUT2D eigenvalue weighted by Crippen LogP contribution is -2.43. The van der Waals surface area contributed by atoms with Gasteiger partial charge in [0.25, 0.3) is 0 Å². The molecule has 3 atom stereocenters. The molecule has 3 aliphatic carbocycles. The molecule has 14 rings (SSSR count). The molecule has 3 heteroatoms. The molecule has 0 amide bonds. The molecule has 344 valence electrons. The third-order valence-electron chi connectivity index (χ3n) is 16.5. The lowest BCUT2D eigenvalue weighted by molar-refractivity contribution is 0.436. The Balaban J connectivity index is 1.07. The number of nitrogens with zero attached hydrogens (tertiary/aromatic N) is 1. The molecule has 0 fully saturated rings. The van der Waals surface area contributed by atoms with E-state index in [0.29, 0.717) is 5.25 Å². The molecule has 71 heavy (non-hydrogen) atoms. The predicted molar refractivity (Wildman–Crippen MR) is 297 cm³/mol. The highest BCUT2D eigenvalue weighted by atomic mass is 32.2. The minimum absolute atomic E-state index is 0.0616. The fourth-order valence-electron chi connectivity index (χ4n) is 13.2. The van der Waals surface area contributed by atoms with E-state index >= 15 is 0 Å². The number of hydrogen-bond acceptors (Lipinski definition) is 3. The SMILES string of the molecule is CC(C)(C)c1ccc2c(c1)C1(c3ccccc3Oc3ccc(N(c4ccc5c(c4)C4(c6ccccc6SC6C=CC=CC64)c4ccccc4-5)c4cccc5ccccc45)cc31)c1cc(C(C)(C)C)ccc1-2. The van der Waals surface area contributed by atoms with Crippen molar-refractivity contribution in [1.82, 2.24) is 0 Å². The average Bonchev–Trinajstić information content (AvgIpc) is 3.83. The van der Waals surface area contributed by atoms with Crippen LogP contribution in [0.4, 0.5) is 17.1 Å². The van der Waals surface area contributed by atoms with E-state index in [-0.39, 0.29) is 16.7 Å². The van der Waals surface area contributed by atoms with E-state index < -0.39 is 10.8 Å². The molecule has 2 aliphatic heterocycles. The van der Waals surface area contributed by atoms with Gasteiger partial charge in [-0.1, -0.05) is 205 Å². The summed E-state index contributed by atoms with van der Waals surface area (Å²) in [5, 5.41) is 2.69. The second-order valence-corrected chi connectivity index (χ2v) is 23.6. The Hall–Kier alpha value is -7.33. The monoisotopic (exact) mass is 933 g/mol. The standard InChI is InChI=1S/C68H55NOS/c1-65(2,3)43-30-34-49-50-35-31-44(66(4,5)6)39-57(50)68(56(49)38-43)53-23-11-14-27-61(53)70-62-37-33-46(41-59(62)68)69(60-26-17-19-42-18-7-8-20-47(42)60)45-32-36-51-48-21-9-10-22-52(48)67(58(51)40-45)54-24-12-15-28-63(54)71-64-29-16-13-25-55(64)67/h7-41,54,63H,1-6H3. The Kier molecular flexibility index (Phi) is 9.04. The molecule has 9 aromatic rings. The number of hydrogen-bond donors (Lipinski definition) is 0. The largest absolute Gasteiger partial charge is 0.457 e. The van der Waals surface area contributed by atoms with Crippen LogP contribution in [0.2, 0.25) is 0 Å². The maximum Gasteiger partial charge on any atom is 0.132 e. The van der Waals surface area contributed by atoms with Gasteiger partial charge in [0, 0.05) is 44.0 Å². The molecule has 3 unspecified atom stereocenters.